The molecule has 0 atom stereocenters. The van der Waals surface area contributed by atoms with Gasteiger partial charge in [0.15, 0.2) is 0 Å². The van der Waals surface area contributed by atoms with Crippen LogP contribution in [0.2, 0.25) is 0 Å². The van der Waals surface area contributed by atoms with Gasteiger partial charge in [-0.3, -0.25) is 4.98 Å². The Hall–Kier alpha value is -2.98. The number of fused-ring (bicyclic) bond motifs is 1. The van der Waals surface area contributed by atoms with Crippen LogP contribution in [0.3, 0.4) is 0 Å². The molecule has 0 aliphatic heterocycles. The number of nitrogens with zero attached hydrogens (tertiary/aromatic N) is 1. The summed E-state index contributed by atoms with van der Waals surface area (Å²) in [5.41, 5.74) is 7.08. The Morgan fingerprint density at radius 2 is 1.00 bits per heavy atom. The zero-order valence-corrected chi connectivity index (χ0v) is 17.9. The molecule has 0 N–H and O–H groups in total. The SMILES string of the molecule is Ic1ccc(-c2ccc3cc(-c4ccc(-c5ccccn5)cc4)ccc3c2)cc1. The van der Waals surface area contributed by atoms with E-state index in [0.717, 1.165) is 11.3 Å². The first-order valence-corrected chi connectivity index (χ1v) is 10.7. The maximum Gasteiger partial charge on any atom is 0.0701 e. The number of hydrogen-bond acceptors (Lipinski definition) is 1. The predicted octanol–water partition coefficient (Wildman–Crippen LogP) is 7.84. The van der Waals surface area contributed by atoms with E-state index in [-0.39, 0.29) is 0 Å². The van der Waals surface area contributed by atoms with Crippen LogP contribution in [0.5, 0.6) is 0 Å². The lowest BCUT2D eigenvalue weighted by molar-refractivity contribution is 1.33. The van der Waals surface area contributed by atoms with E-state index in [1.165, 1.54) is 36.6 Å². The molecule has 4 aromatic carbocycles. The molecule has 2 heteroatoms. The lowest BCUT2D eigenvalue weighted by Crippen LogP contribution is -1.84. The fraction of sp³-hybridized carbons (Fsp3) is 0. The average molecular weight is 483 g/mol. The summed E-state index contributed by atoms with van der Waals surface area (Å²) < 4.78 is 1.26. The number of benzene rings is 4. The maximum atomic E-state index is 4.43. The molecule has 0 aliphatic rings. The van der Waals surface area contributed by atoms with Gasteiger partial charge in [0.1, 0.15) is 0 Å². The highest BCUT2D eigenvalue weighted by atomic mass is 127. The lowest BCUT2D eigenvalue weighted by atomic mass is 9.97. The Labute approximate surface area is 184 Å². The van der Waals surface area contributed by atoms with E-state index in [1.54, 1.807) is 0 Å². The van der Waals surface area contributed by atoms with Gasteiger partial charge < -0.3 is 0 Å². The van der Waals surface area contributed by atoms with E-state index in [2.05, 4.69) is 113 Å². The number of hydrogen-bond donors (Lipinski definition) is 0. The molecule has 0 spiro atoms. The summed E-state index contributed by atoms with van der Waals surface area (Å²) in [5, 5.41) is 2.51. The first-order chi connectivity index (χ1) is 14.3. The van der Waals surface area contributed by atoms with Crippen molar-refractivity contribution in [2.24, 2.45) is 0 Å². The fourth-order valence-corrected chi connectivity index (χ4v) is 3.97. The van der Waals surface area contributed by atoms with Crippen molar-refractivity contribution in [2.45, 2.75) is 0 Å². The second-order valence-corrected chi connectivity index (χ2v) is 8.32. The van der Waals surface area contributed by atoms with E-state index in [4.69, 9.17) is 0 Å². The van der Waals surface area contributed by atoms with Crippen LogP contribution in [0.4, 0.5) is 0 Å². The van der Waals surface area contributed by atoms with Gasteiger partial charge in [-0.25, -0.2) is 0 Å². The van der Waals surface area contributed by atoms with Crippen molar-refractivity contribution in [3.05, 3.63) is 113 Å². The third-order valence-corrected chi connectivity index (χ3v) is 5.92. The fourth-order valence-electron chi connectivity index (χ4n) is 3.61. The van der Waals surface area contributed by atoms with E-state index in [1.807, 2.05) is 24.4 Å². The highest BCUT2D eigenvalue weighted by Gasteiger charge is 2.04. The van der Waals surface area contributed by atoms with E-state index in [9.17, 15) is 0 Å². The van der Waals surface area contributed by atoms with Crippen molar-refractivity contribution in [2.75, 3.05) is 0 Å². The van der Waals surface area contributed by atoms with Gasteiger partial charge in [-0.05, 0) is 92.0 Å². The first-order valence-electron chi connectivity index (χ1n) is 9.58. The van der Waals surface area contributed by atoms with Gasteiger partial charge in [0, 0.05) is 15.3 Å². The summed E-state index contributed by atoms with van der Waals surface area (Å²) in [6.45, 7) is 0. The Kier molecular flexibility index (Phi) is 4.86. The summed E-state index contributed by atoms with van der Waals surface area (Å²) in [6, 6.07) is 36.7. The minimum absolute atomic E-state index is 1.00. The van der Waals surface area contributed by atoms with Crippen molar-refractivity contribution >= 4 is 33.4 Å². The molecule has 5 rings (SSSR count). The molecule has 0 bridgehead atoms. The van der Waals surface area contributed by atoms with Crippen molar-refractivity contribution < 1.29 is 0 Å². The second-order valence-electron chi connectivity index (χ2n) is 7.08. The van der Waals surface area contributed by atoms with Gasteiger partial charge in [-0.2, -0.15) is 0 Å². The van der Waals surface area contributed by atoms with Crippen molar-refractivity contribution in [1.82, 2.24) is 4.98 Å². The molecule has 0 radical (unpaired) electrons. The standard InChI is InChI=1S/C27H18IN/c28-26-14-12-20(13-15-26)23-9-11-24-17-22(8-10-25(24)18-23)19-4-6-21(7-5-19)27-3-1-2-16-29-27/h1-18H. The third-order valence-electron chi connectivity index (χ3n) is 5.20. The molecule has 138 valence electrons. The number of halogens is 1. The zero-order valence-electron chi connectivity index (χ0n) is 15.7. The summed E-state index contributed by atoms with van der Waals surface area (Å²) in [4.78, 5) is 4.43. The Morgan fingerprint density at radius 1 is 0.483 bits per heavy atom. The van der Waals surface area contributed by atoms with Crippen molar-refractivity contribution in [1.29, 1.82) is 0 Å². The van der Waals surface area contributed by atoms with Crippen LogP contribution in [0, 0.1) is 3.57 Å². The monoisotopic (exact) mass is 483 g/mol. The van der Waals surface area contributed by atoms with Gasteiger partial charge in [-0.1, -0.05) is 66.7 Å². The molecule has 29 heavy (non-hydrogen) atoms. The molecule has 0 fully saturated rings. The molecule has 0 amide bonds. The molecule has 0 unspecified atom stereocenters. The topological polar surface area (TPSA) is 12.9 Å². The van der Waals surface area contributed by atoms with Gasteiger partial charge in [0.05, 0.1) is 5.69 Å². The lowest BCUT2D eigenvalue weighted by Gasteiger charge is -2.08. The number of aromatic nitrogens is 1. The number of pyridine rings is 1. The Bertz CT molecular complexity index is 1270. The highest BCUT2D eigenvalue weighted by Crippen LogP contribution is 2.30. The normalized spacial score (nSPS) is 10.9. The third kappa shape index (κ3) is 3.81. The minimum atomic E-state index is 1.00. The van der Waals surface area contributed by atoms with E-state index >= 15 is 0 Å². The second kappa shape index (κ2) is 7.80. The first kappa shape index (κ1) is 18.1. The van der Waals surface area contributed by atoms with Crippen LogP contribution < -0.4 is 0 Å². The molecular weight excluding hydrogens is 465 g/mol. The molecule has 0 saturated carbocycles. The average Bonchev–Trinajstić information content (AvgIpc) is 2.80. The predicted molar refractivity (Wildman–Crippen MR) is 131 cm³/mol. The van der Waals surface area contributed by atoms with Crippen molar-refractivity contribution in [3.8, 4) is 33.5 Å². The molecule has 5 aromatic rings. The zero-order chi connectivity index (χ0) is 19.6. The van der Waals surface area contributed by atoms with Crippen LogP contribution in [-0.4, -0.2) is 4.98 Å². The maximum absolute atomic E-state index is 4.43. The molecule has 0 aliphatic carbocycles. The molecule has 0 saturated heterocycles. The molecular formula is C27H18IN. The summed E-state index contributed by atoms with van der Waals surface area (Å²) >= 11 is 2.34. The molecule has 1 nitrogen and oxygen atoms in total. The van der Waals surface area contributed by atoms with Crippen LogP contribution in [0.15, 0.2) is 109 Å². The molecule has 1 heterocycles. The van der Waals surface area contributed by atoms with Crippen LogP contribution in [0.25, 0.3) is 44.3 Å². The van der Waals surface area contributed by atoms with Crippen LogP contribution in [0.1, 0.15) is 0 Å². The quantitative estimate of drug-likeness (QED) is 0.238. The van der Waals surface area contributed by atoms with Gasteiger partial charge in [0.25, 0.3) is 0 Å². The largest absolute Gasteiger partial charge is 0.256 e. The van der Waals surface area contributed by atoms with Crippen molar-refractivity contribution in [3.63, 3.8) is 0 Å². The van der Waals surface area contributed by atoms with E-state index < -0.39 is 0 Å². The van der Waals surface area contributed by atoms with Gasteiger partial charge in [-0.15, -0.1) is 0 Å². The summed E-state index contributed by atoms with van der Waals surface area (Å²) in [7, 11) is 0. The molecule has 1 aromatic heterocycles. The Morgan fingerprint density at radius 3 is 1.55 bits per heavy atom. The minimum Gasteiger partial charge on any atom is -0.256 e. The van der Waals surface area contributed by atoms with Gasteiger partial charge in [0.2, 0.25) is 0 Å². The number of rotatable bonds is 3. The Balaban J connectivity index is 1.47. The highest BCUT2D eigenvalue weighted by molar-refractivity contribution is 14.1. The smallest absolute Gasteiger partial charge is 0.0701 e. The summed E-state index contributed by atoms with van der Waals surface area (Å²) in [6.07, 6.45) is 1.83. The van der Waals surface area contributed by atoms with Crippen LogP contribution in [-0.2, 0) is 0 Å². The van der Waals surface area contributed by atoms with Crippen LogP contribution >= 0.6 is 22.6 Å². The van der Waals surface area contributed by atoms with E-state index in [0.29, 0.717) is 0 Å². The summed E-state index contributed by atoms with van der Waals surface area (Å²) in [5.74, 6) is 0. The van der Waals surface area contributed by atoms with Gasteiger partial charge >= 0.3 is 0 Å².